The number of nitrogens with one attached hydrogen (secondary N) is 1. The van der Waals surface area contributed by atoms with E-state index >= 15 is 0 Å². The highest BCUT2D eigenvalue weighted by molar-refractivity contribution is 7.15. The largest absolute Gasteiger partial charge is 0.497 e. The van der Waals surface area contributed by atoms with Crippen LogP contribution in [0.4, 0.5) is 0 Å². The summed E-state index contributed by atoms with van der Waals surface area (Å²) in [7, 11) is 1.64. The molecule has 4 aromatic rings. The first-order valence-electron chi connectivity index (χ1n) is 8.03. The molecule has 7 heteroatoms. The van der Waals surface area contributed by atoms with Crippen molar-refractivity contribution in [3.05, 3.63) is 71.6 Å². The van der Waals surface area contributed by atoms with Gasteiger partial charge >= 0.3 is 0 Å². The lowest BCUT2D eigenvalue weighted by Gasteiger charge is -2.04. The van der Waals surface area contributed by atoms with Gasteiger partial charge in [-0.3, -0.25) is 14.2 Å². The van der Waals surface area contributed by atoms with E-state index in [1.165, 1.54) is 11.3 Å². The van der Waals surface area contributed by atoms with E-state index in [4.69, 9.17) is 4.74 Å². The minimum absolute atomic E-state index is 0.140. The molecule has 0 aliphatic heterocycles. The first-order chi connectivity index (χ1) is 12.7. The Labute approximate surface area is 154 Å². The van der Waals surface area contributed by atoms with Crippen LogP contribution in [-0.2, 0) is 6.54 Å². The number of benzene rings is 1. The number of carbonyl (C=O) groups excluding carboxylic acids is 1. The molecule has 1 N–H and O–H groups in total. The number of fused-ring (bicyclic) bond motifs is 1. The smallest absolute Gasteiger partial charge is 0.269 e. The number of nitrogens with zero attached hydrogens (tertiary/aromatic N) is 3. The van der Waals surface area contributed by atoms with Crippen LogP contribution in [0.15, 0.2) is 60.4 Å². The van der Waals surface area contributed by atoms with E-state index in [-0.39, 0.29) is 5.91 Å². The molecule has 0 unspecified atom stereocenters. The van der Waals surface area contributed by atoms with Crippen molar-refractivity contribution >= 4 is 22.2 Å². The minimum atomic E-state index is -0.140. The van der Waals surface area contributed by atoms with Crippen molar-refractivity contribution in [2.75, 3.05) is 7.11 Å². The predicted molar refractivity (Wildman–Crippen MR) is 100 cm³/mol. The van der Waals surface area contributed by atoms with Gasteiger partial charge < -0.3 is 10.1 Å². The van der Waals surface area contributed by atoms with Crippen LogP contribution in [0.25, 0.3) is 16.2 Å². The summed E-state index contributed by atoms with van der Waals surface area (Å²) < 4.78 is 7.00. The van der Waals surface area contributed by atoms with E-state index in [1.54, 1.807) is 19.5 Å². The van der Waals surface area contributed by atoms with Crippen LogP contribution in [0.1, 0.15) is 16.1 Å². The van der Waals surface area contributed by atoms with Crippen molar-refractivity contribution in [2.24, 2.45) is 0 Å². The zero-order valence-corrected chi connectivity index (χ0v) is 14.9. The lowest BCUT2D eigenvalue weighted by Crippen LogP contribution is -2.23. The third-order valence-corrected chi connectivity index (χ3v) is 4.84. The third-order valence-electron chi connectivity index (χ3n) is 4.00. The number of amides is 1. The summed E-state index contributed by atoms with van der Waals surface area (Å²) in [6, 6.07) is 11.5. The molecule has 130 valence electrons. The molecule has 3 heterocycles. The maximum Gasteiger partial charge on any atom is 0.269 e. The Morgan fingerprint density at radius 3 is 2.85 bits per heavy atom. The Bertz CT molecular complexity index is 1040. The number of hydrogen-bond donors (Lipinski definition) is 1. The summed E-state index contributed by atoms with van der Waals surface area (Å²) in [4.78, 5) is 22.0. The molecule has 6 nitrogen and oxygen atoms in total. The molecule has 0 saturated carbocycles. The fraction of sp³-hybridized carbons (Fsp3) is 0.105. The molecule has 1 amide bonds. The van der Waals surface area contributed by atoms with E-state index in [0.717, 1.165) is 27.5 Å². The van der Waals surface area contributed by atoms with Gasteiger partial charge in [-0.05, 0) is 35.9 Å². The van der Waals surface area contributed by atoms with Crippen LogP contribution in [-0.4, -0.2) is 27.4 Å². The fourth-order valence-electron chi connectivity index (χ4n) is 2.62. The van der Waals surface area contributed by atoms with Crippen LogP contribution in [0.5, 0.6) is 5.75 Å². The van der Waals surface area contributed by atoms with E-state index < -0.39 is 0 Å². The molecule has 0 spiro atoms. The first-order valence-corrected chi connectivity index (χ1v) is 8.90. The average Bonchev–Trinajstić information content (AvgIpc) is 3.28. The normalized spacial score (nSPS) is 10.8. The van der Waals surface area contributed by atoms with Crippen LogP contribution in [0, 0.1) is 0 Å². The summed E-state index contributed by atoms with van der Waals surface area (Å²) in [5, 5.41) is 4.74. The van der Waals surface area contributed by atoms with Crippen LogP contribution in [0.3, 0.4) is 0 Å². The second-order valence-corrected chi connectivity index (χ2v) is 6.51. The zero-order valence-electron chi connectivity index (χ0n) is 14.0. The minimum Gasteiger partial charge on any atom is -0.497 e. The van der Waals surface area contributed by atoms with E-state index in [9.17, 15) is 4.79 Å². The van der Waals surface area contributed by atoms with Gasteiger partial charge in [0, 0.05) is 36.1 Å². The number of thiazole rings is 1. The second-order valence-electron chi connectivity index (χ2n) is 5.67. The van der Waals surface area contributed by atoms with E-state index in [0.29, 0.717) is 12.2 Å². The SMILES string of the molecule is COc1ccc(-c2cn3c(C(=O)NCc4cccnc4)csc3n2)cc1. The topological polar surface area (TPSA) is 68.5 Å². The summed E-state index contributed by atoms with van der Waals surface area (Å²) in [5.41, 5.74) is 3.32. The monoisotopic (exact) mass is 364 g/mol. The van der Waals surface area contributed by atoms with Gasteiger partial charge in [-0.2, -0.15) is 0 Å². The van der Waals surface area contributed by atoms with Crippen molar-refractivity contribution in [1.29, 1.82) is 0 Å². The van der Waals surface area contributed by atoms with Crippen molar-refractivity contribution in [3.8, 4) is 17.0 Å². The molecule has 0 saturated heterocycles. The highest BCUT2D eigenvalue weighted by Crippen LogP contribution is 2.25. The quantitative estimate of drug-likeness (QED) is 0.589. The second kappa shape index (κ2) is 6.97. The number of carbonyl (C=O) groups is 1. The summed E-state index contributed by atoms with van der Waals surface area (Å²) in [5.74, 6) is 0.657. The molecule has 0 fully saturated rings. The molecule has 0 radical (unpaired) electrons. The van der Waals surface area contributed by atoms with Crippen molar-refractivity contribution < 1.29 is 9.53 Å². The summed E-state index contributed by atoms with van der Waals surface area (Å²) in [6.07, 6.45) is 5.33. The Balaban J connectivity index is 1.56. The van der Waals surface area contributed by atoms with Crippen LogP contribution >= 0.6 is 11.3 Å². The fourth-order valence-corrected chi connectivity index (χ4v) is 3.48. The number of imidazole rings is 1. The van der Waals surface area contributed by atoms with Crippen molar-refractivity contribution in [3.63, 3.8) is 0 Å². The maximum absolute atomic E-state index is 12.5. The molecular formula is C19H16N4O2S. The molecule has 26 heavy (non-hydrogen) atoms. The predicted octanol–water partition coefficient (Wildman–Crippen LogP) is 3.40. The Morgan fingerprint density at radius 1 is 1.27 bits per heavy atom. The van der Waals surface area contributed by atoms with Crippen molar-refractivity contribution in [1.82, 2.24) is 19.7 Å². The van der Waals surface area contributed by atoms with Gasteiger partial charge in [0.2, 0.25) is 0 Å². The summed E-state index contributed by atoms with van der Waals surface area (Å²) in [6.45, 7) is 0.435. The summed E-state index contributed by atoms with van der Waals surface area (Å²) >= 11 is 1.44. The highest BCUT2D eigenvalue weighted by Gasteiger charge is 2.15. The number of pyridine rings is 1. The average molecular weight is 364 g/mol. The van der Waals surface area contributed by atoms with Crippen molar-refractivity contribution in [2.45, 2.75) is 6.54 Å². The molecule has 3 aromatic heterocycles. The van der Waals surface area contributed by atoms with Gasteiger partial charge in [0.15, 0.2) is 4.96 Å². The van der Waals surface area contributed by atoms with Gasteiger partial charge in [-0.15, -0.1) is 11.3 Å². The Kier molecular flexibility index (Phi) is 4.37. The molecule has 0 aliphatic carbocycles. The highest BCUT2D eigenvalue weighted by atomic mass is 32.1. The van der Waals surface area contributed by atoms with Gasteiger partial charge in [-0.25, -0.2) is 4.98 Å². The van der Waals surface area contributed by atoms with Gasteiger partial charge in [0.25, 0.3) is 5.91 Å². The standard InChI is InChI=1S/C19H16N4O2S/c1-25-15-6-4-14(5-7-15)16-11-23-17(12-26-19(23)22-16)18(24)21-10-13-3-2-8-20-9-13/h2-9,11-12H,10H2,1H3,(H,21,24). The van der Waals surface area contributed by atoms with Gasteiger partial charge in [0.1, 0.15) is 11.4 Å². The first kappa shape index (κ1) is 16.3. The molecule has 0 bridgehead atoms. The lowest BCUT2D eigenvalue weighted by molar-refractivity contribution is 0.0945. The molecule has 1 aromatic carbocycles. The number of ether oxygens (including phenoxy) is 1. The van der Waals surface area contributed by atoms with Crippen LogP contribution < -0.4 is 10.1 Å². The zero-order chi connectivity index (χ0) is 17.9. The van der Waals surface area contributed by atoms with Gasteiger partial charge in [-0.1, -0.05) is 6.07 Å². The van der Waals surface area contributed by atoms with E-state index in [2.05, 4.69) is 15.3 Å². The molecular weight excluding hydrogens is 348 g/mol. The number of aromatic nitrogens is 3. The van der Waals surface area contributed by atoms with Gasteiger partial charge in [0.05, 0.1) is 12.8 Å². The number of rotatable bonds is 5. The molecule has 4 rings (SSSR count). The number of hydrogen-bond acceptors (Lipinski definition) is 5. The third kappa shape index (κ3) is 3.16. The lowest BCUT2D eigenvalue weighted by atomic mass is 10.2. The van der Waals surface area contributed by atoms with Crippen LogP contribution in [0.2, 0.25) is 0 Å². The maximum atomic E-state index is 12.5. The molecule has 0 aliphatic rings. The Morgan fingerprint density at radius 2 is 2.12 bits per heavy atom. The number of methoxy groups -OCH3 is 1. The van der Waals surface area contributed by atoms with E-state index in [1.807, 2.05) is 52.4 Å². The Hall–Kier alpha value is -3.19. The molecule has 0 atom stereocenters.